The maximum absolute atomic E-state index is 12.6. The molecule has 0 N–H and O–H groups in total. The van der Waals surface area contributed by atoms with Crippen LogP contribution in [0.4, 0.5) is 13.2 Å². The van der Waals surface area contributed by atoms with Gasteiger partial charge < -0.3 is 0 Å². The summed E-state index contributed by atoms with van der Waals surface area (Å²) in [5, 5.41) is 9.81. The van der Waals surface area contributed by atoms with E-state index in [1.165, 1.54) is 34.5 Å². The summed E-state index contributed by atoms with van der Waals surface area (Å²) in [7, 11) is 0. The second kappa shape index (κ2) is 5.36. The number of thiophene rings is 1. The smallest absolute Gasteiger partial charge is 0.165 e. The Morgan fingerprint density at radius 3 is 2.71 bits per heavy atom. The van der Waals surface area contributed by atoms with Gasteiger partial charge in [-0.15, -0.1) is 44.6 Å². The van der Waals surface area contributed by atoms with Crippen LogP contribution >= 0.6 is 34.4 Å². The Morgan fingerprint density at radius 2 is 2.06 bits per heavy atom. The second-order valence-corrected chi connectivity index (χ2v) is 5.92. The molecular formula is C9H7F3N2S3. The second-order valence-electron chi connectivity index (χ2n) is 3.10. The average molecular weight is 296 g/mol. The third-order valence-corrected chi connectivity index (χ3v) is 4.77. The van der Waals surface area contributed by atoms with Gasteiger partial charge in [-0.2, -0.15) is 13.2 Å². The molecule has 0 aliphatic carbocycles. The first kappa shape index (κ1) is 12.8. The molecule has 0 spiro atoms. The van der Waals surface area contributed by atoms with Crippen LogP contribution in [0.5, 0.6) is 0 Å². The Balaban J connectivity index is 1.93. The van der Waals surface area contributed by atoms with Crippen LogP contribution in [0.2, 0.25) is 0 Å². The van der Waals surface area contributed by atoms with Crippen molar-refractivity contribution in [2.75, 3.05) is 0 Å². The van der Waals surface area contributed by atoms with Crippen LogP contribution in [-0.4, -0.2) is 10.2 Å². The Bertz CT molecular complexity index is 464. The largest absolute Gasteiger partial charge is 0.425 e. The van der Waals surface area contributed by atoms with Gasteiger partial charge in [-0.1, -0.05) is 0 Å². The summed E-state index contributed by atoms with van der Waals surface area (Å²) in [6, 6.07) is 1.53. The van der Waals surface area contributed by atoms with E-state index < -0.39 is 11.1 Å². The van der Waals surface area contributed by atoms with Crippen LogP contribution in [0.1, 0.15) is 15.4 Å². The van der Waals surface area contributed by atoms with Crippen LogP contribution in [0.3, 0.4) is 0 Å². The molecule has 2 nitrogen and oxygen atoms in total. The molecule has 0 atom stereocenters. The average Bonchev–Trinajstić information content (AvgIpc) is 2.86. The summed E-state index contributed by atoms with van der Waals surface area (Å²) in [5.41, 5.74) is 1.96. The highest BCUT2D eigenvalue weighted by molar-refractivity contribution is 7.97. The fraction of sp³-hybridized carbons (Fsp3) is 0.333. The lowest BCUT2D eigenvalue weighted by molar-refractivity contribution is -0.134. The SMILES string of the molecule is FC(F)(F)c1sccc1CSCc1nncs1. The predicted molar refractivity (Wildman–Crippen MR) is 64.2 cm³/mol. The van der Waals surface area contributed by atoms with Gasteiger partial charge in [0.1, 0.15) is 15.4 Å². The van der Waals surface area contributed by atoms with E-state index in [9.17, 15) is 13.2 Å². The number of aromatic nitrogens is 2. The normalized spacial score (nSPS) is 11.9. The van der Waals surface area contributed by atoms with Crippen molar-refractivity contribution in [3.05, 3.63) is 32.4 Å². The number of rotatable bonds is 4. The molecule has 17 heavy (non-hydrogen) atoms. The van der Waals surface area contributed by atoms with Crippen LogP contribution in [0.15, 0.2) is 17.0 Å². The highest BCUT2D eigenvalue weighted by Gasteiger charge is 2.34. The molecule has 8 heteroatoms. The van der Waals surface area contributed by atoms with E-state index in [0.717, 1.165) is 16.3 Å². The lowest BCUT2D eigenvalue weighted by atomic mass is 10.3. The minimum Gasteiger partial charge on any atom is -0.165 e. The molecule has 2 heterocycles. The van der Waals surface area contributed by atoms with Gasteiger partial charge in [0, 0.05) is 11.5 Å². The summed E-state index contributed by atoms with van der Waals surface area (Å²) in [6.45, 7) is 0. The highest BCUT2D eigenvalue weighted by Crippen LogP contribution is 2.37. The molecule has 0 aromatic carbocycles. The standard InChI is InChI=1S/C9H7F3N2S3/c10-9(11,12)8-6(1-2-16-8)3-15-4-7-14-13-5-17-7/h1-2,5H,3-4H2. The molecule has 0 fully saturated rings. The van der Waals surface area contributed by atoms with Crippen molar-refractivity contribution in [3.8, 4) is 0 Å². The topological polar surface area (TPSA) is 25.8 Å². The van der Waals surface area contributed by atoms with Gasteiger partial charge in [0.05, 0.1) is 0 Å². The van der Waals surface area contributed by atoms with Crippen LogP contribution in [-0.2, 0) is 17.7 Å². The maximum atomic E-state index is 12.6. The predicted octanol–water partition coefficient (Wildman–Crippen LogP) is 4.05. The van der Waals surface area contributed by atoms with Gasteiger partial charge in [0.15, 0.2) is 0 Å². The van der Waals surface area contributed by atoms with Gasteiger partial charge in [-0.25, -0.2) is 0 Å². The number of alkyl halides is 3. The van der Waals surface area contributed by atoms with Gasteiger partial charge in [-0.05, 0) is 17.0 Å². The zero-order valence-corrected chi connectivity index (χ0v) is 10.8. The molecule has 0 amide bonds. The third kappa shape index (κ3) is 3.43. The first-order valence-electron chi connectivity index (χ1n) is 4.53. The minimum atomic E-state index is -4.24. The van der Waals surface area contributed by atoms with E-state index in [1.54, 1.807) is 5.51 Å². The van der Waals surface area contributed by atoms with E-state index in [0.29, 0.717) is 17.1 Å². The molecule has 2 aromatic rings. The van der Waals surface area contributed by atoms with Crippen LogP contribution < -0.4 is 0 Å². The third-order valence-electron chi connectivity index (χ3n) is 1.89. The minimum absolute atomic E-state index is 0.344. The Hall–Kier alpha value is -0.600. The van der Waals surface area contributed by atoms with Crippen molar-refractivity contribution in [2.24, 2.45) is 0 Å². The summed E-state index contributed by atoms with van der Waals surface area (Å²) in [5.74, 6) is 0.940. The zero-order valence-electron chi connectivity index (χ0n) is 8.40. The monoisotopic (exact) mass is 296 g/mol. The molecule has 0 unspecified atom stereocenters. The van der Waals surface area contributed by atoms with Crippen molar-refractivity contribution in [2.45, 2.75) is 17.7 Å². The molecule has 0 aliphatic heterocycles. The number of hydrogen-bond donors (Lipinski definition) is 0. The van der Waals surface area contributed by atoms with Gasteiger partial charge in [-0.3, -0.25) is 0 Å². The fourth-order valence-electron chi connectivity index (χ4n) is 1.21. The quantitative estimate of drug-likeness (QED) is 0.851. The summed E-state index contributed by atoms with van der Waals surface area (Å²) >= 11 is 3.56. The fourth-order valence-corrected chi connectivity index (χ4v) is 3.72. The Kier molecular flexibility index (Phi) is 4.05. The number of nitrogens with zero attached hydrogens (tertiary/aromatic N) is 2. The maximum Gasteiger partial charge on any atom is 0.425 e. The van der Waals surface area contributed by atoms with E-state index >= 15 is 0 Å². The van der Waals surface area contributed by atoms with Crippen molar-refractivity contribution in [3.63, 3.8) is 0 Å². The van der Waals surface area contributed by atoms with E-state index in [1.807, 2.05) is 0 Å². The first-order chi connectivity index (χ1) is 8.07. The van der Waals surface area contributed by atoms with E-state index in [2.05, 4.69) is 10.2 Å². The molecule has 0 aliphatic rings. The van der Waals surface area contributed by atoms with E-state index in [4.69, 9.17) is 0 Å². The first-order valence-corrected chi connectivity index (χ1v) is 7.45. The zero-order chi connectivity index (χ0) is 12.3. The van der Waals surface area contributed by atoms with Crippen molar-refractivity contribution < 1.29 is 13.2 Å². The lowest BCUT2D eigenvalue weighted by Gasteiger charge is -2.06. The van der Waals surface area contributed by atoms with E-state index in [-0.39, 0.29) is 0 Å². The summed E-state index contributed by atoms with van der Waals surface area (Å²) in [4.78, 5) is -0.498. The lowest BCUT2D eigenvalue weighted by Crippen LogP contribution is -2.04. The molecule has 2 rings (SSSR count). The highest BCUT2D eigenvalue weighted by atomic mass is 32.2. The molecular weight excluding hydrogens is 289 g/mol. The number of thioether (sulfide) groups is 1. The van der Waals surface area contributed by atoms with Gasteiger partial charge in [0.2, 0.25) is 0 Å². The molecule has 0 saturated heterocycles. The number of hydrogen-bond acceptors (Lipinski definition) is 5. The van der Waals surface area contributed by atoms with Gasteiger partial charge >= 0.3 is 6.18 Å². The number of halogens is 3. The molecule has 2 aromatic heterocycles. The van der Waals surface area contributed by atoms with Crippen LogP contribution in [0.25, 0.3) is 0 Å². The van der Waals surface area contributed by atoms with Crippen molar-refractivity contribution >= 4 is 34.4 Å². The Labute approximate surface area is 108 Å². The van der Waals surface area contributed by atoms with Crippen LogP contribution in [0, 0.1) is 0 Å². The molecule has 0 radical (unpaired) electrons. The Morgan fingerprint density at radius 1 is 1.24 bits per heavy atom. The summed E-state index contributed by atoms with van der Waals surface area (Å²) < 4.78 is 37.7. The van der Waals surface area contributed by atoms with Crippen molar-refractivity contribution in [1.82, 2.24) is 10.2 Å². The van der Waals surface area contributed by atoms with Gasteiger partial charge in [0.25, 0.3) is 0 Å². The van der Waals surface area contributed by atoms with Crippen molar-refractivity contribution in [1.29, 1.82) is 0 Å². The summed E-state index contributed by atoms with van der Waals surface area (Å²) in [6.07, 6.45) is -4.24. The molecule has 92 valence electrons. The molecule has 0 bridgehead atoms. The molecule has 0 saturated carbocycles.